The summed E-state index contributed by atoms with van der Waals surface area (Å²) in [6, 6.07) is 3.22. The number of methoxy groups -OCH3 is 2. The Morgan fingerprint density at radius 2 is 1.83 bits per heavy atom. The zero-order valence-corrected chi connectivity index (χ0v) is 21.6. The predicted molar refractivity (Wildman–Crippen MR) is 139 cm³/mol. The lowest BCUT2D eigenvalue weighted by Crippen LogP contribution is -2.31. The molecule has 1 amide bonds. The van der Waals surface area contributed by atoms with Crippen molar-refractivity contribution < 1.29 is 19.1 Å². The molecule has 0 bridgehead atoms. The highest BCUT2D eigenvalue weighted by Crippen LogP contribution is 2.45. The number of carbonyl (C=O) groups is 2. The smallest absolute Gasteiger partial charge is 0.223 e. The molecule has 3 heterocycles. The minimum Gasteiger partial charge on any atom is -0.495 e. The van der Waals surface area contributed by atoms with Crippen molar-refractivity contribution in [2.75, 3.05) is 32.6 Å². The first-order valence-corrected chi connectivity index (χ1v) is 11.9. The quantitative estimate of drug-likeness (QED) is 0.427. The molecule has 4 rings (SSSR count). The first-order valence-electron chi connectivity index (χ1n) is 11.2. The van der Waals surface area contributed by atoms with Gasteiger partial charge in [-0.1, -0.05) is 29.8 Å². The summed E-state index contributed by atoms with van der Waals surface area (Å²) < 4.78 is 10.7. The average molecular weight is 530 g/mol. The standard InChI is InChI=1S/C25H25Cl2N5O4/c1-5-16(34)6-15-11-32(13(2)33)12-19(15)31-25-29-9-14-7-17(28-10-18(14)30-25)22-23(26)20(35-3)8-21(36-4)24(22)27/h5,7-10,15,19H,1,6,11-12H2,2-4H3,(H,29,30,31)/t15-,19+/m0/s1. The van der Waals surface area contributed by atoms with Gasteiger partial charge in [0.25, 0.3) is 0 Å². The Bertz CT molecular complexity index is 1320. The number of amides is 1. The second kappa shape index (κ2) is 10.7. The van der Waals surface area contributed by atoms with Crippen molar-refractivity contribution in [1.29, 1.82) is 0 Å². The summed E-state index contributed by atoms with van der Waals surface area (Å²) in [5, 5.41) is 4.63. The Hall–Kier alpha value is -3.43. The number of nitrogens with one attached hydrogen (secondary N) is 1. The van der Waals surface area contributed by atoms with E-state index in [0.29, 0.717) is 57.4 Å². The number of likely N-dealkylation sites (tertiary alicyclic amines) is 1. The number of fused-ring (bicyclic) bond motifs is 1. The Morgan fingerprint density at radius 1 is 1.14 bits per heavy atom. The molecule has 1 N–H and O–H groups in total. The van der Waals surface area contributed by atoms with Crippen LogP contribution in [0, 0.1) is 5.92 Å². The largest absolute Gasteiger partial charge is 0.495 e. The van der Waals surface area contributed by atoms with Crippen molar-refractivity contribution in [3.05, 3.63) is 47.2 Å². The SMILES string of the molecule is C=CC(=O)C[C@H]1CN(C(C)=O)C[C@H]1Nc1ncc2cc(-c3c(Cl)c(OC)cc(OC)c3Cl)ncc2n1. The summed E-state index contributed by atoms with van der Waals surface area (Å²) in [6.07, 6.45) is 4.86. The number of ether oxygens (including phenoxy) is 2. The fourth-order valence-corrected chi connectivity index (χ4v) is 4.95. The van der Waals surface area contributed by atoms with Gasteiger partial charge in [0.15, 0.2) is 5.78 Å². The number of allylic oxidation sites excluding steroid dienone is 1. The number of carbonyl (C=O) groups excluding carboxylic acids is 2. The first-order chi connectivity index (χ1) is 17.2. The summed E-state index contributed by atoms with van der Waals surface area (Å²) >= 11 is 13.1. The molecule has 0 saturated carbocycles. The summed E-state index contributed by atoms with van der Waals surface area (Å²) in [4.78, 5) is 39.1. The maximum absolute atomic E-state index is 12.0. The van der Waals surface area contributed by atoms with E-state index in [9.17, 15) is 9.59 Å². The van der Waals surface area contributed by atoms with Gasteiger partial charge < -0.3 is 19.7 Å². The molecular weight excluding hydrogens is 505 g/mol. The lowest BCUT2D eigenvalue weighted by Gasteiger charge is -2.18. The number of nitrogens with zero attached hydrogens (tertiary/aromatic N) is 4. The minimum atomic E-state index is -0.177. The van der Waals surface area contributed by atoms with E-state index in [0.717, 1.165) is 5.39 Å². The molecule has 11 heteroatoms. The summed E-state index contributed by atoms with van der Waals surface area (Å²) in [7, 11) is 3.01. The molecule has 1 aliphatic rings. The number of anilines is 1. The van der Waals surface area contributed by atoms with Crippen LogP contribution in [0.4, 0.5) is 5.95 Å². The van der Waals surface area contributed by atoms with Crippen LogP contribution in [0.2, 0.25) is 10.0 Å². The summed E-state index contributed by atoms with van der Waals surface area (Å²) in [6.45, 7) is 6.00. The van der Waals surface area contributed by atoms with Gasteiger partial charge in [0.05, 0.1) is 47.7 Å². The maximum Gasteiger partial charge on any atom is 0.223 e. The van der Waals surface area contributed by atoms with E-state index < -0.39 is 0 Å². The molecule has 1 aromatic carbocycles. The topological polar surface area (TPSA) is 107 Å². The van der Waals surface area contributed by atoms with Crippen LogP contribution in [0.25, 0.3) is 22.2 Å². The fraction of sp³-hybridized carbons (Fsp3) is 0.320. The summed E-state index contributed by atoms with van der Waals surface area (Å²) in [5.74, 6) is 1.00. The van der Waals surface area contributed by atoms with Crippen LogP contribution in [0.3, 0.4) is 0 Å². The van der Waals surface area contributed by atoms with Gasteiger partial charge in [-0.05, 0) is 12.1 Å². The number of benzene rings is 1. The van der Waals surface area contributed by atoms with E-state index in [-0.39, 0.29) is 30.1 Å². The van der Waals surface area contributed by atoms with E-state index >= 15 is 0 Å². The van der Waals surface area contributed by atoms with E-state index in [1.165, 1.54) is 27.2 Å². The molecule has 0 unspecified atom stereocenters. The highest BCUT2D eigenvalue weighted by Gasteiger charge is 2.35. The van der Waals surface area contributed by atoms with Crippen LogP contribution >= 0.6 is 23.2 Å². The molecule has 0 aliphatic carbocycles. The number of hydrogen-bond donors (Lipinski definition) is 1. The minimum absolute atomic E-state index is 0.0435. The zero-order chi connectivity index (χ0) is 26.0. The van der Waals surface area contributed by atoms with Gasteiger partial charge in [-0.2, -0.15) is 0 Å². The predicted octanol–water partition coefficient (Wildman–Crippen LogP) is 4.42. The van der Waals surface area contributed by atoms with Crippen LogP contribution in [0.5, 0.6) is 11.5 Å². The van der Waals surface area contributed by atoms with Crippen LogP contribution in [0.1, 0.15) is 13.3 Å². The highest BCUT2D eigenvalue weighted by atomic mass is 35.5. The fourth-order valence-electron chi connectivity index (χ4n) is 4.26. The van der Waals surface area contributed by atoms with Gasteiger partial charge >= 0.3 is 0 Å². The third-order valence-corrected chi connectivity index (χ3v) is 6.94. The highest BCUT2D eigenvalue weighted by molar-refractivity contribution is 6.41. The summed E-state index contributed by atoms with van der Waals surface area (Å²) in [5.41, 5.74) is 1.58. The monoisotopic (exact) mass is 529 g/mol. The molecule has 1 aliphatic heterocycles. The number of halogens is 2. The number of pyridine rings is 1. The van der Waals surface area contributed by atoms with Gasteiger partial charge in [-0.15, -0.1) is 0 Å². The number of hydrogen-bond acceptors (Lipinski definition) is 8. The Labute approximate surface area is 218 Å². The van der Waals surface area contributed by atoms with Gasteiger partial charge in [0, 0.05) is 55.6 Å². The van der Waals surface area contributed by atoms with Gasteiger partial charge in [0.1, 0.15) is 11.5 Å². The molecule has 2 atom stereocenters. The van der Waals surface area contributed by atoms with Crippen molar-refractivity contribution in [2.24, 2.45) is 5.92 Å². The Kier molecular flexibility index (Phi) is 7.61. The van der Waals surface area contributed by atoms with E-state index in [4.69, 9.17) is 32.7 Å². The third-order valence-electron chi connectivity index (χ3n) is 6.19. The van der Waals surface area contributed by atoms with Crippen LogP contribution in [-0.2, 0) is 9.59 Å². The second-order valence-electron chi connectivity index (χ2n) is 8.42. The van der Waals surface area contributed by atoms with Crippen LogP contribution in [-0.4, -0.2) is 64.9 Å². The first kappa shape index (κ1) is 25.7. The van der Waals surface area contributed by atoms with E-state index in [1.54, 1.807) is 29.4 Å². The van der Waals surface area contributed by atoms with Gasteiger partial charge in [0.2, 0.25) is 11.9 Å². The number of ketones is 1. The van der Waals surface area contributed by atoms with Crippen molar-refractivity contribution in [3.8, 4) is 22.8 Å². The Balaban J connectivity index is 1.64. The van der Waals surface area contributed by atoms with Crippen molar-refractivity contribution in [2.45, 2.75) is 19.4 Å². The van der Waals surface area contributed by atoms with Crippen molar-refractivity contribution in [3.63, 3.8) is 0 Å². The molecule has 1 fully saturated rings. The van der Waals surface area contributed by atoms with Crippen LogP contribution < -0.4 is 14.8 Å². The van der Waals surface area contributed by atoms with Crippen molar-refractivity contribution in [1.82, 2.24) is 19.9 Å². The van der Waals surface area contributed by atoms with Crippen molar-refractivity contribution >= 4 is 51.7 Å². The molecule has 2 aromatic heterocycles. The molecule has 0 spiro atoms. The normalized spacial score (nSPS) is 17.2. The Morgan fingerprint density at radius 3 is 2.44 bits per heavy atom. The molecule has 188 valence electrons. The lowest BCUT2D eigenvalue weighted by molar-refractivity contribution is -0.128. The van der Waals surface area contributed by atoms with Gasteiger partial charge in [-0.3, -0.25) is 14.6 Å². The van der Waals surface area contributed by atoms with E-state index in [2.05, 4.69) is 26.8 Å². The number of aromatic nitrogens is 3. The molecule has 3 aromatic rings. The zero-order valence-electron chi connectivity index (χ0n) is 20.0. The second-order valence-corrected chi connectivity index (χ2v) is 9.17. The maximum atomic E-state index is 12.0. The average Bonchev–Trinajstić information content (AvgIpc) is 3.26. The number of rotatable bonds is 8. The molecule has 9 nitrogen and oxygen atoms in total. The van der Waals surface area contributed by atoms with Gasteiger partial charge in [-0.25, -0.2) is 9.97 Å². The van der Waals surface area contributed by atoms with E-state index in [1.807, 2.05) is 0 Å². The molecule has 36 heavy (non-hydrogen) atoms. The third kappa shape index (κ3) is 5.08. The molecule has 1 saturated heterocycles. The van der Waals surface area contributed by atoms with Crippen LogP contribution in [0.15, 0.2) is 37.2 Å². The molecule has 0 radical (unpaired) electrons. The lowest BCUT2D eigenvalue weighted by atomic mass is 9.97. The molecular formula is C25H25Cl2N5O4.